The van der Waals surface area contributed by atoms with Gasteiger partial charge in [0.25, 0.3) is 0 Å². The topological polar surface area (TPSA) is 76.8 Å². The molecular weight excluding hydrogens is 272 g/mol. The van der Waals surface area contributed by atoms with Gasteiger partial charge in [0.1, 0.15) is 0 Å². The first kappa shape index (κ1) is 15.1. The van der Waals surface area contributed by atoms with Crippen LogP contribution < -0.4 is 11.5 Å². The Balaban J connectivity index is 1.94. The molecule has 4 heteroatoms. The number of aliphatic imine (C=N–C) groups is 2. The van der Waals surface area contributed by atoms with E-state index >= 15 is 0 Å². The second kappa shape index (κ2) is 6.95. The van der Waals surface area contributed by atoms with E-state index in [1.807, 2.05) is 12.1 Å². The van der Waals surface area contributed by atoms with Crippen molar-refractivity contribution in [2.75, 3.05) is 11.5 Å². The molecular formula is C18H26N4. The van der Waals surface area contributed by atoms with Crippen LogP contribution >= 0.6 is 0 Å². The Kier molecular flexibility index (Phi) is 4.76. The Hall–Kier alpha value is -1.84. The van der Waals surface area contributed by atoms with Crippen LogP contribution in [0.2, 0.25) is 0 Å². The van der Waals surface area contributed by atoms with Gasteiger partial charge in [-0.25, -0.2) is 0 Å². The Labute approximate surface area is 132 Å². The quantitative estimate of drug-likeness (QED) is 0.760. The summed E-state index contributed by atoms with van der Waals surface area (Å²) in [6.07, 6.45) is 12.0. The normalized spacial score (nSPS) is 19.1. The summed E-state index contributed by atoms with van der Waals surface area (Å²) in [5.74, 6) is 0. The van der Waals surface area contributed by atoms with Crippen LogP contribution in [-0.4, -0.2) is 11.4 Å². The first-order valence-electron chi connectivity index (χ1n) is 8.54. The number of hydrogen-bond donors (Lipinski definition) is 2. The number of nitrogens with two attached hydrogens (primary N) is 2. The Morgan fingerprint density at radius 1 is 0.591 bits per heavy atom. The molecule has 2 aliphatic carbocycles. The third-order valence-electron chi connectivity index (χ3n) is 4.60. The van der Waals surface area contributed by atoms with Gasteiger partial charge in [0.05, 0.1) is 22.7 Å². The van der Waals surface area contributed by atoms with Gasteiger partial charge in [-0.15, -0.1) is 0 Å². The highest BCUT2D eigenvalue weighted by Gasteiger charge is 2.12. The summed E-state index contributed by atoms with van der Waals surface area (Å²) < 4.78 is 0. The molecule has 0 unspecified atom stereocenters. The molecule has 0 atom stereocenters. The monoisotopic (exact) mass is 298 g/mol. The zero-order valence-electron chi connectivity index (χ0n) is 13.3. The molecule has 22 heavy (non-hydrogen) atoms. The third-order valence-corrected chi connectivity index (χ3v) is 4.60. The van der Waals surface area contributed by atoms with Crippen LogP contribution in [0, 0.1) is 0 Å². The number of anilines is 2. The lowest BCUT2D eigenvalue weighted by Gasteiger charge is -2.15. The molecule has 0 aliphatic heterocycles. The minimum absolute atomic E-state index is 0.600. The molecule has 0 radical (unpaired) electrons. The average molecular weight is 298 g/mol. The molecule has 0 amide bonds. The fraction of sp³-hybridized carbons (Fsp3) is 0.556. The van der Waals surface area contributed by atoms with Crippen molar-refractivity contribution in [2.24, 2.45) is 9.98 Å². The van der Waals surface area contributed by atoms with Crippen molar-refractivity contribution in [1.82, 2.24) is 0 Å². The van der Waals surface area contributed by atoms with Crippen molar-refractivity contribution in [3.8, 4) is 0 Å². The highest BCUT2D eigenvalue weighted by atomic mass is 14.9. The number of rotatable bonds is 2. The van der Waals surface area contributed by atoms with Gasteiger partial charge in [0.2, 0.25) is 0 Å². The Morgan fingerprint density at radius 2 is 0.955 bits per heavy atom. The smallest absolute Gasteiger partial charge is 0.0907 e. The van der Waals surface area contributed by atoms with Crippen molar-refractivity contribution < 1.29 is 0 Å². The molecule has 2 saturated carbocycles. The van der Waals surface area contributed by atoms with E-state index in [9.17, 15) is 0 Å². The standard InChI is InChI=1S/C18H26N4/c19-15-11-17(21-13-7-3-1-4-8-13)18(12-16(15)20)22-14-9-5-2-6-10-14/h11-12H,1-10,19-20H2. The predicted octanol–water partition coefficient (Wildman–Crippen LogP) is 4.92. The SMILES string of the molecule is Nc1cc(N=C2CCCCC2)c(N=C2CCCCC2)cc1N. The maximum Gasteiger partial charge on any atom is 0.0907 e. The van der Waals surface area contributed by atoms with Crippen LogP contribution in [0.3, 0.4) is 0 Å². The first-order valence-corrected chi connectivity index (χ1v) is 8.54. The van der Waals surface area contributed by atoms with E-state index in [2.05, 4.69) is 0 Å². The van der Waals surface area contributed by atoms with Gasteiger partial charge in [0.15, 0.2) is 0 Å². The summed E-state index contributed by atoms with van der Waals surface area (Å²) in [5, 5.41) is 0. The van der Waals surface area contributed by atoms with Gasteiger partial charge < -0.3 is 11.5 Å². The number of hydrogen-bond acceptors (Lipinski definition) is 4. The van der Waals surface area contributed by atoms with Gasteiger partial charge in [-0.3, -0.25) is 9.98 Å². The molecule has 2 aliphatic rings. The third kappa shape index (κ3) is 3.67. The zero-order chi connectivity index (χ0) is 15.4. The summed E-state index contributed by atoms with van der Waals surface area (Å²) in [6.45, 7) is 0. The zero-order valence-corrected chi connectivity index (χ0v) is 13.3. The van der Waals surface area contributed by atoms with E-state index in [0.717, 1.165) is 37.1 Å². The molecule has 3 rings (SSSR count). The maximum atomic E-state index is 5.99. The van der Waals surface area contributed by atoms with Gasteiger partial charge >= 0.3 is 0 Å². The van der Waals surface area contributed by atoms with Crippen molar-refractivity contribution in [1.29, 1.82) is 0 Å². The van der Waals surface area contributed by atoms with Crippen molar-refractivity contribution in [3.63, 3.8) is 0 Å². The first-order chi connectivity index (χ1) is 10.7. The van der Waals surface area contributed by atoms with Gasteiger partial charge in [0, 0.05) is 11.4 Å². The molecule has 0 bridgehead atoms. The Morgan fingerprint density at radius 3 is 1.32 bits per heavy atom. The van der Waals surface area contributed by atoms with Gasteiger partial charge in [-0.2, -0.15) is 0 Å². The van der Waals surface area contributed by atoms with Crippen molar-refractivity contribution in [3.05, 3.63) is 12.1 Å². The molecule has 1 aromatic rings. The largest absolute Gasteiger partial charge is 0.397 e. The number of nitrogens with zero attached hydrogens (tertiary/aromatic N) is 2. The summed E-state index contributed by atoms with van der Waals surface area (Å²) in [7, 11) is 0. The molecule has 4 nitrogen and oxygen atoms in total. The highest BCUT2D eigenvalue weighted by molar-refractivity contribution is 5.93. The van der Waals surface area contributed by atoms with E-state index in [0.29, 0.717) is 11.4 Å². The molecule has 0 heterocycles. The van der Waals surface area contributed by atoms with Crippen LogP contribution in [0.4, 0.5) is 22.7 Å². The fourth-order valence-corrected chi connectivity index (χ4v) is 3.27. The second-order valence-corrected chi connectivity index (χ2v) is 6.45. The predicted molar refractivity (Wildman–Crippen MR) is 95.6 cm³/mol. The lowest BCUT2D eigenvalue weighted by molar-refractivity contribution is 0.666. The molecule has 0 saturated heterocycles. The molecule has 0 aromatic heterocycles. The summed E-state index contributed by atoms with van der Waals surface area (Å²) >= 11 is 0. The van der Waals surface area contributed by atoms with Crippen LogP contribution in [0.1, 0.15) is 64.2 Å². The van der Waals surface area contributed by atoms with E-state index in [1.54, 1.807) is 0 Å². The second-order valence-electron chi connectivity index (χ2n) is 6.45. The van der Waals surface area contributed by atoms with E-state index in [1.165, 1.54) is 49.9 Å². The number of benzene rings is 1. The summed E-state index contributed by atoms with van der Waals surface area (Å²) in [6, 6.07) is 3.78. The van der Waals surface area contributed by atoms with Crippen LogP contribution in [0.15, 0.2) is 22.1 Å². The summed E-state index contributed by atoms with van der Waals surface area (Å²) in [4.78, 5) is 9.72. The van der Waals surface area contributed by atoms with Crippen molar-refractivity contribution in [2.45, 2.75) is 64.2 Å². The lowest BCUT2D eigenvalue weighted by Crippen LogP contribution is -2.05. The highest BCUT2D eigenvalue weighted by Crippen LogP contribution is 2.36. The van der Waals surface area contributed by atoms with Gasteiger partial charge in [-0.05, 0) is 63.5 Å². The molecule has 118 valence electrons. The summed E-state index contributed by atoms with van der Waals surface area (Å²) in [5.41, 5.74) is 17.5. The molecule has 2 fully saturated rings. The number of nitrogen functional groups attached to an aromatic ring is 2. The Bertz CT molecular complexity index is 532. The fourth-order valence-electron chi connectivity index (χ4n) is 3.27. The van der Waals surface area contributed by atoms with Gasteiger partial charge in [-0.1, -0.05) is 12.8 Å². The minimum atomic E-state index is 0.600. The van der Waals surface area contributed by atoms with Crippen molar-refractivity contribution >= 4 is 34.2 Å². The van der Waals surface area contributed by atoms with E-state index < -0.39 is 0 Å². The molecule has 0 spiro atoms. The average Bonchev–Trinajstić information content (AvgIpc) is 2.54. The van der Waals surface area contributed by atoms with E-state index in [-0.39, 0.29) is 0 Å². The van der Waals surface area contributed by atoms with Crippen LogP contribution in [0.5, 0.6) is 0 Å². The molecule has 1 aromatic carbocycles. The molecule has 4 N–H and O–H groups in total. The lowest BCUT2D eigenvalue weighted by atomic mass is 9.98. The maximum absolute atomic E-state index is 5.99. The van der Waals surface area contributed by atoms with E-state index in [4.69, 9.17) is 21.5 Å². The minimum Gasteiger partial charge on any atom is -0.397 e. The van der Waals surface area contributed by atoms with Crippen LogP contribution in [0.25, 0.3) is 0 Å². The van der Waals surface area contributed by atoms with Crippen LogP contribution in [-0.2, 0) is 0 Å².